The molecule has 1 aromatic heterocycles. The second-order valence-corrected chi connectivity index (χ2v) is 7.84. The van der Waals surface area contributed by atoms with Crippen LogP contribution >= 0.6 is 0 Å². The summed E-state index contributed by atoms with van der Waals surface area (Å²) in [5.74, 6) is -0.528. The minimum atomic E-state index is -0.594. The van der Waals surface area contributed by atoms with Crippen LogP contribution in [0.3, 0.4) is 0 Å². The predicted molar refractivity (Wildman–Crippen MR) is 120 cm³/mol. The first kappa shape index (κ1) is 19.5. The average Bonchev–Trinajstić information content (AvgIpc) is 2.80. The Labute approximate surface area is 180 Å². The van der Waals surface area contributed by atoms with Gasteiger partial charge in [0.25, 0.3) is 5.91 Å². The fourth-order valence-corrected chi connectivity index (χ4v) is 4.25. The van der Waals surface area contributed by atoms with Crippen LogP contribution in [0, 0.1) is 5.95 Å². The van der Waals surface area contributed by atoms with Crippen LogP contribution < -0.4 is 21.3 Å². The van der Waals surface area contributed by atoms with Crippen molar-refractivity contribution in [3.8, 4) is 22.3 Å². The van der Waals surface area contributed by atoms with Gasteiger partial charge in [0.05, 0.1) is 0 Å². The number of fused-ring (bicyclic) bond motifs is 1. The molecule has 2 aliphatic rings. The van der Waals surface area contributed by atoms with E-state index in [0.29, 0.717) is 23.2 Å². The fourth-order valence-electron chi connectivity index (χ4n) is 4.25. The molecule has 7 heteroatoms. The molecule has 2 aliphatic heterocycles. The maximum absolute atomic E-state index is 14.7. The van der Waals surface area contributed by atoms with Gasteiger partial charge in [0.1, 0.15) is 5.82 Å². The summed E-state index contributed by atoms with van der Waals surface area (Å²) >= 11 is 0. The van der Waals surface area contributed by atoms with Gasteiger partial charge >= 0.3 is 0 Å². The number of carbonyl (C=O) groups excluding carboxylic acids is 1. The molecule has 6 nitrogen and oxygen atoms in total. The lowest BCUT2D eigenvalue weighted by Gasteiger charge is -2.28. The number of aromatic nitrogens is 1. The number of nitrogen functional groups attached to an aromatic ring is 1. The highest BCUT2D eigenvalue weighted by Gasteiger charge is 2.19. The number of pyridine rings is 1. The van der Waals surface area contributed by atoms with Crippen LogP contribution in [-0.4, -0.2) is 43.6 Å². The molecule has 0 bridgehead atoms. The van der Waals surface area contributed by atoms with Crippen molar-refractivity contribution in [2.24, 2.45) is 0 Å². The zero-order chi connectivity index (χ0) is 21.4. The number of carbonyl (C=O) groups is 1. The van der Waals surface area contributed by atoms with E-state index < -0.39 is 5.95 Å². The van der Waals surface area contributed by atoms with Gasteiger partial charge in [-0.05, 0) is 47.4 Å². The van der Waals surface area contributed by atoms with E-state index in [1.54, 1.807) is 12.1 Å². The van der Waals surface area contributed by atoms with Crippen molar-refractivity contribution >= 4 is 17.4 Å². The lowest BCUT2D eigenvalue weighted by atomic mass is 9.94. The Bertz CT molecular complexity index is 1140. The number of anilines is 2. The number of rotatable bonds is 3. The quantitative estimate of drug-likeness (QED) is 0.643. The normalized spacial score (nSPS) is 16.0. The minimum Gasteiger partial charge on any atom is -0.383 e. The zero-order valence-electron chi connectivity index (χ0n) is 17.1. The van der Waals surface area contributed by atoms with E-state index in [-0.39, 0.29) is 11.7 Å². The fraction of sp³-hybridized carbons (Fsp3) is 0.250. The lowest BCUT2D eigenvalue weighted by molar-refractivity contribution is 0.0946. The highest BCUT2D eigenvalue weighted by molar-refractivity contribution is 5.97. The Morgan fingerprint density at radius 3 is 2.45 bits per heavy atom. The first-order valence-electron chi connectivity index (χ1n) is 10.5. The summed E-state index contributed by atoms with van der Waals surface area (Å²) in [5, 5.41) is 7.21. The van der Waals surface area contributed by atoms with Crippen molar-refractivity contribution in [3.63, 3.8) is 0 Å². The molecule has 1 saturated heterocycles. The number of hydrogen-bond acceptors (Lipinski definition) is 4. The molecule has 1 radical (unpaired) electrons. The summed E-state index contributed by atoms with van der Waals surface area (Å²) in [6, 6.07) is 15.2. The Morgan fingerprint density at radius 1 is 0.935 bits per heavy atom. The summed E-state index contributed by atoms with van der Waals surface area (Å²) < 4.78 is 14.7. The van der Waals surface area contributed by atoms with Gasteiger partial charge in [0.15, 0.2) is 0 Å². The monoisotopic (exact) mass is 416 g/mol. The molecule has 0 saturated carbocycles. The van der Waals surface area contributed by atoms with E-state index >= 15 is 0 Å². The highest BCUT2D eigenvalue weighted by Crippen LogP contribution is 2.33. The third kappa shape index (κ3) is 3.72. The van der Waals surface area contributed by atoms with Crippen molar-refractivity contribution in [1.29, 1.82) is 0 Å². The predicted octanol–water partition coefficient (Wildman–Crippen LogP) is 2.85. The smallest absolute Gasteiger partial charge is 0.251 e. The van der Waals surface area contributed by atoms with Gasteiger partial charge in [-0.25, -0.2) is 10.3 Å². The first-order valence-corrected chi connectivity index (χ1v) is 10.5. The van der Waals surface area contributed by atoms with Crippen molar-refractivity contribution in [1.82, 2.24) is 15.6 Å². The molecule has 3 aromatic rings. The molecule has 3 N–H and O–H groups in total. The largest absolute Gasteiger partial charge is 0.383 e. The second kappa shape index (κ2) is 8.00. The van der Waals surface area contributed by atoms with Crippen molar-refractivity contribution in [2.75, 3.05) is 43.4 Å². The molecule has 1 amide bonds. The molecule has 157 valence electrons. The van der Waals surface area contributed by atoms with Gasteiger partial charge in [0, 0.05) is 55.1 Å². The summed E-state index contributed by atoms with van der Waals surface area (Å²) in [7, 11) is 0. The van der Waals surface area contributed by atoms with E-state index in [0.717, 1.165) is 55.0 Å². The number of nitrogens with zero attached hydrogens (tertiary/aromatic N) is 3. The Morgan fingerprint density at radius 2 is 1.68 bits per heavy atom. The van der Waals surface area contributed by atoms with E-state index in [9.17, 15) is 9.18 Å². The molecule has 5 rings (SSSR count). The van der Waals surface area contributed by atoms with Gasteiger partial charge < -0.3 is 16.0 Å². The van der Waals surface area contributed by atoms with Crippen LogP contribution in [0.2, 0.25) is 0 Å². The molecule has 3 heterocycles. The number of halogens is 1. The van der Waals surface area contributed by atoms with E-state index in [1.807, 2.05) is 36.4 Å². The Balaban J connectivity index is 1.50. The number of hydrogen-bond donors (Lipinski definition) is 2. The van der Waals surface area contributed by atoms with E-state index in [2.05, 4.69) is 20.5 Å². The van der Waals surface area contributed by atoms with Gasteiger partial charge in [-0.15, -0.1) is 0 Å². The summed E-state index contributed by atoms with van der Waals surface area (Å²) in [6.45, 7) is 4.08. The van der Waals surface area contributed by atoms with Gasteiger partial charge in [0.2, 0.25) is 5.95 Å². The van der Waals surface area contributed by atoms with Gasteiger partial charge in [-0.2, -0.15) is 4.39 Å². The van der Waals surface area contributed by atoms with Crippen LogP contribution in [0.1, 0.15) is 15.9 Å². The maximum Gasteiger partial charge on any atom is 0.251 e. The number of benzene rings is 2. The highest BCUT2D eigenvalue weighted by atomic mass is 19.1. The van der Waals surface area contributed by atoms with Gasteiger partial charge in [-0.1, -0.05) is 24.3 Å². The lowest BCUT2D eigenvalue weighted by Crippen LogP contribution is -2.40. The molecule has 0 unspecified atom stereocenters. The average molecular weight is 416 g/mol. The number of nitrogens with two attached hydrogens (primary N) is 1. The molecule has 2 aromatic carbocycles. The molecule has 1 fully saturated rings. The van der Waals surface area contributed by atoms with Crippen LogP contribution in [-0.2, 0) is 6.42 Å². The third-order valence-electron chi connectivity index (χ3n) is 5.95. The summed E-state index contributed by atoms with van der Waals surface area (Å²) in [5.41, 5.74) is 11.5. The van der Waals surface area contributed by atoms with Crippen LogP contribution in [0.4, 0.5) is 15.9 Å². The topological polar surface area (TPSA) is 85.3 Å². The van der Waals surface area contributed by atoms with Crippen molar-refractivity contribution in [2.45, 2.75) is 6.42 Å². The number of nitrogens with one attached hydrogen (secondary N) is 1. The van der Waals surface area contributed by atoms with Crippen molar-refractivity contribution < 1.29 is 9.18 Å². The van der Waals surface area contributed by atoms with E-state index in [4.69, 9.17) is 5.73 Å². The van der Waals surface area contributed by atoms with Crippen LogP contribution in [0.5, 0.6) is 0 Å². The van der Waals surface area contributed by atoms with Gasteiger partial charge in [-0.3, -0.25) is 4.79 Å². The summed E-state index contributed by atoms with van der Waals surface area (Å²) in [6.07, 6.45) is 0.752. The number of piperazine rings is 1. The van der Waals surface area contributed by atoms with Crippen LogP contribution in [0.15, 0.2) is 48.5 Å². The van der Waals surface area contributed by atoms with Crippen molar-refractivity contribution in [3.05, 3.63) is 65.6 Å². The SMILES string of the molecule is Nc1nc(F)c(-c2ccc(N3CC[N]CC3)cc2)cc1-c1ccc2c(c1)CCNC2=O. The first-order chi connectivity index (χ1) is 15.1. The maximum atomic E-state index is 14.7. The zero-order valence-corrected chi connectivity index (χ0v) is 17.1. The molecule has 0 spiro atoms. The minimum absolute atomic E-state index is 0.0684. The standard InChI is InChI=1S/C24H23FN5O/c25-22-20(15-1-4-18(5-2-15)30-11-9-27-10-12-30)14-21(23(26)29-22)16-3-6-19-17(13-16)7-8-28-24(19)31/h1-6,13-14H,7-12H2,(H2,26,29)(H,28,31). The Kier molecular flexibility index (Phi) is 5.03. The molecule has 31 heavy (non-hydrogen) atoms. The molecule has 0 aliphatic carbocycles. The summed E-state index contributed by atoms with van der Waals surface area (Å²) in [4.78, 5) is 18.3. The van der Waals surface area contributed by atoms with Crippen LogP contribution in [0.25, 0.3) is 22.3 Å². The molecule has 0 atom stereocenters. The second-order valence-electron chi connectivity index (χ2n) is 7.84. The van der Waals surface area contributed by atoms with E-state index in [1.165, 1.54) is 0 Å². The third-order valence-corrected chi connectivity index (χ3v) is 5.95. The molecular weight excluding hydrogens is 393 g/mol. The molecular formula is C24H23FN5O. The number of amides is 1. The Hall–Kier alpha value is -3.45.